The number of aromatic carboxylic acids is 1. The Bertz CT molecular complexity index is 377. The zero-order valence-electron chi connectivity index (χ0n) is 9.37. The van der Waals surface area contributed by atoms with Gasteiger partial charge in [0.05, 0.1) is 11.7 Å². The molecule has 1 heterocycles. The Morgan fingerprint density at radius 2 is 2.07 bits per heavy atom. The van der Waals surface area contributed by atoms with Gasteiger partial charge < -0.3 is 10.8 Å². The van der Waals surface area contributed by atoms with Crippen molar-refractivity contribution in [1.82, 2.24) is 4.98 Å². The van der Waals surface area contributed by atoms with Crippen LogP contribution >= 0.6 is 11.3 Å². The van der Waals surface area contributed by atoms with Crippen LogP contribution in [0.1, 0.15) is 54.1 Å². The van der Waals surface area contributed by atoms with Gasteiger partial charge in [0.15, 0.2) is 0 Å². The van der Waals surface area contributed by atoms with Crippen LogP contribution in [0.3, 0.4) is 0 Å². The van der Waals surface area contributed by atoms with Crippen molar-refractivity contribution in [3.8, 4) is 0 Å². The normalized spacial score (nSPS) is 13.9. The van der Waals surface area contributed by atoms with Crippen LogP contribution in [0.5, 0.6) is 0 Å². The van der Waals surface area contributed by atoms with Crippen molar-refractivity contribution in [3.63, 3.8) is 0 Å². The molecule has 0 fully saturated rings. The van der Waals surface area contributed by atoms with Crippen molar-refractivity contribution in [2.24, 2.45) is 5.73 Å². The number of hydrogen-bond donors (Lipinski definition) is 2. The minimum atomic E-state index is -0.927. The Morgan fingerprint density at radius 3 is 2.33 bits per heavy atom. The molecule has 1 atom stereocenters. The lowest BCUT2D eigenvalue weighted by Crippen LogP contribution is -2.16. The first-order valence-corrected chi connectivity index (χ1v) is 5.55. The summed E-state index contributed by atoms with van der Waals surface area (Å²) in [7, 11) is 0. The van der Waals surface area contributed by atoms with Crippen molar-refractivity contribution in [2.45, 2.75) is 39.2 Å². The Labute approximate surface area is 93.1 Å². The van der Waals surface area contributed by atoms with E-state index < -0.39 is 5.97 Å². The van der Waals surface area contributed by atoms with Gasteiger partial charge >= 0.3 is 5.97 Å². The quantitative estimate of drug-likeness (QED) is 0.813. The SMILES string of the molecule is CC(N)c1nc(C(C)(C)C)c(C(=O)O)s1. The lowest BCUT2D eigenvalue weighted by molar-refractivity contribution is 0.0699. The maximum absolute atomic E-state index is 11.0. The second kappa shape index (κ2) is 3.90. The van der Waals surface area contributed by atoms with Crippen molar-refractivity contribution in [3.05, 3.63) is 15.6 Å². The molecule has 1 aromatic rings. The minimum absolute atomic E-state index is 0.218. The lowest BCUT2D eigenvalue weighted by atomic mass is 9.91. The number of carboxylic acid groups (broad SMARTS) is 1. The number of rotatable bonds is 2. The van der Waals surface area contributed by atoms with E-state index in [0.717, 1.165) is 0 Å². The maximum Gasteiger partial charge on any atom is 0.347 e. The summed E-state index contributed by atoms with van der Waals surface area (Å²) in [5.74, 6) is -0.927. The Morgan fingerprint density at radius 1 is 1.53 bits per heavy atom. The largest absolute Gasteiger partial charge is 0.477 e. The number of carbonyl (C=O) groups is 1. The van der Waals surface area contributed by atoms with E-state index in [9.17, 15) is 4.79 Å². The van der Waals surface area contributed by atoms with Crippen LogP contribution in [0.15, 0.2) is 0 Å². The highest BCUT2D eigenvalue weighted by Crippen LogP contribution is 2.31. The van der Waals surface area contributed by atoms with Gasteiger partial charge in [0.25, 0.3) is 0 Å². The van der Waals surface area contributed by atoms with Gasteiger partial charge in [0, 0.05) is 5.41 Å². The standard InChI is InChI=1S/C10H16N2O2S/c1-5(11)8-12-7(10(2,3)4)6(15-8)9(13)14/h5H,11H2,1-4H3,(H,13,14). The number of nitrogens with two attached hydrogens (primary N) is 1. The topological polar surface area (TPSA) is 76.2 Å². The van der Waals surface area contributed by atoms with E-state index in [-0.39, 0.29) is 11.5 Å². The van der Waals surface area contributed by atoms with Crippen LogP contribution < -0.4 is 5.73 Å². The third-order valence-electron chi connectivity index (χ3n) is 1.94. The van der Waals surface area contributed by atoms with Crippen LogP contribution in [0.4, 0.5) is 0 Å². The van der Waals surface area contributed by atoms with Gasteiger partial charge in [0.1, 0.15) is 9.88 Å². The number of thiazole rings is 1. The van der Waals surface area contributed by atoms with Crippen molar-refractivity contribution in [2.75, 3.05) is 0 Å². The van der Waals surface area contributed by atoms with E-state index >= 15 is 0 Å². The Kier molecular flexibility index (Phi) is 3.16. The predicted octanol–water partition coefficient (Wildman–Crippen LogP) is 2.16. The highest BCUT2D eigenvalue weighted by Gasteiger charge is 2.27. The summed E-state index contributed by atoms with van der Waals surface area (Å²) >= 11 is 1.17. The molecule has 0 aliphatic carbocycles. The monoisotopic (exact) mass is 228 g/mol. The molecule has 0 aliphatic rings. The molecule has 0 aliphatic heterocycles. The summed E-state index contributed by atoms with van der Waals surface area (Å²) in [6.45, 7) is 7.63. The van der Waals surface area contributed by atoms with Crippen LogP contribution in [-0.2, 0) is 5.41 Å². The highest BCUT2D eigenvalue weighted by molar-refractivity contribution is 7.13. The molecule has 5 heteroatoms. The first kappa shape index (κ1) is 12.1. The summed E-state index contributed by atoms with van der Waals surface area (Å²) in [5.41, 5.74) is 6.05. The molecule has 1 aromatic heterocycles. The fraction of sp³-hybridized carbons (Fsp3) is 0.600. The van der Waals surface area contributed by atoms with E-state index in [1.165, 1.54) is 11.3 Å². The summed E-state index contributed by atoms with van der Waals surface area (Å²) in [5, 5.41) is 9.73. The molecule has 0 bridgehead atoms. The molecule has 15 heavy (non-hydrogen) atoms. The van der Waals surface area contributed by atoms with Gasteiger partial charge in [-0.3, -0.25) is 0 Å². The van der Waals surface area contributed by atoms with Crippen LogP contribution in [-0.4, -0.2) is 16.1 Å². The van der Waals surface area contributed by atoms with Gasteiger partial charge in [-0.15, -0.1) is 11.3 Å². The predicted molar refractivity (Wildman–Crippen MR) is 60.4 cm³/mol. The summed E-state index contributed by atoms with van der Waals surface area (Å²) in [4.78, 5) is 15.6. The van der Waals surface area contributed by atoms with Crippen molar-refractivity contribution < 1.29 is 9.90 Å². The van der Waals surface area contributed by atoms with E-state index in [1.807, 2.05) is 20.8 Å². The molecule has 0 spiro atoms. The zero-order chi connectivity index (χ0) is 11.8. The second-order valence-corrected chi connectivity index (χ2v) is 5.60. The fourth-order valence-corrected chi connectivity index (χ4v) is 2.25. The first-order valence-electron chi connectivity index (χ1n) is 4.73. The van der Waals surface area contributed by atoms with Crippen LogP contribution in [0.25, 0.3) is 0 Å². The molecular formula is C10H16N2O2S. The van der Waals surface area contributed by atoms with E-state index in [4.69, 9.17) is 10.8 Å². The van der Waals surface area contributed by atoms with Gasteiger partial charge in [-0.25, -0.2) is 9.78 Å². The van der Waals surface area contributed by atoms with Crippen molar-refractivity contribution in [1.29, 1.82) is 0 Å². The molecule has 3 N–H and O–H groups in total. The first-order chi connectivity index (χ1) is 6.73. The lowest BCUT2D eigenvalue weighted by Gasteiger charge is -2.16. The maximum atomic E-state index is 11.0. The third kappa shape index (κ3) is 2.54. The molecular weight excluding hydrogens is 212 g/mol. The number of carboxylic acids is 1. The summed E-state index contributed by atoms with van der Waals surface area (Å²) < 4.78 is 0. The summed E-state index contributed by atoms with van der Waals surface area (Å²) in [6.07, 6.45) is 0. The molecule has 4 nitrogen and oxygen atoms in total. The number of hydrogen-bond acceptors (Lipinski definition) is 4. The number of nitrogens with zero attached hydrogens (tertiary/aromatic N) is 1. The second-order valence-electron chi connectivity index (χ2n) is 4.57. The average molecular weight is 228 g/mol. The zero-order valence-corrected chi connectivity index (χ0v) is 10.2. The van der Waals surface area contributed by atoms with E-state index in [1.54, 1.807) is 6.92 Å². The number of aromatic nitrogens is 1. The van der Waals surface area contributed by atoms with E-state index in [2.05, 4.69) is 4.98 Å². The minimum Gasteiger partial charge on any atom is -0.477 e. The molecule has 1 rings (SSSR count). The third-order valence-corrected chi connectivity index (χ3v) is 3.18. The fourth-order valence-electron chi connectivity index (χ4n) is 1.18. The van der Waals surface area contributed by atoms with Gasteiger partial charge in [-0.2, -0.15) is 0 Å². The molecule has 0 saturated heterocycles. The van der Waals surface area contributed by atoms with Gasteiger partial charge in [-0.05, 0) is 6.92 Å². The van der Waals surface area contributed by atoms with Crippen molar-refractivity contribution >= 4 is 17.3 Å². The Balaban J connectivity index is 3.30. The molecule has 84 valence electrons. The van der Waals surface area contributed by atoms with Crippen LogP contribution in [0, 0.1) is 0 Å². The average Bonchev–Trinajstić information content (AvgIpc) is 2.45. The van der Waals surface area contributed by atoms with Gasteiger partial charge in [-0.1, -0.05) is 20.8 Å². The molecule has 0 radical (unpaired) electrons. The molecule has 0 amide bonds. The molecule has 0 aromatic carbocycles. The highest BCUT2D eigenvalue weighted by atomic mass is 32.1. The van der Waals surface area contributed by atoms with Crippen LogP contribution in [0.2, 0.25) is 0 Å². The van der Waals surface area contributed by atoms with E-state index in [0.29, 0.717) is 15.6 Å². The summed E-state index contributed by atoms with van der Waals surface area (Å²) in [6, 6.07) is -0.218. The van der Waals surface area contributed by atoms with Gasteiger partial charge in [0.2, 0.25) is 0 Å². The Hall–Kier alpha value is -0.940. The molecule has 1 unspecified atom stereocenters. The molecule has 0 saturated carbocycles. The smallest absolute Gasteiger partial charge is 0.347 e.